The standard InChI is InChI=1S/C15H22N2O3S/c1-4-12-15(18)17(9-10-21(3)19)14(16-12)11-7-5-6-8-13(11)20-2/h5-8,12,14,16H,4,9-10H2,1-3H3. The van der Waals surface area contributed by atoms with Crippen LogP contribution in [-0.4, -0.2) is 46.7 Å². The summed E-state index contributed by atoms with van der Waals surface area (Å²) in [6, 6.07) is 7.49. The molecule has 1 saturated heterocycles. The van der Waals surface area contributed by atoms with Crippen LogP contribution in [-0.2, 0) is 15.6 Å². The van der Waals surface area contributed by atoms with Crippen molar-refractivity contribution in [3.8, 4) is 5.75 Å². The Morgan fingerprint density at radius 3 is 2.71 bits per heavy atom. The third-order valence-electron chi connectivity index (χ3n) is 3.71. The molecule has 0 spiro atoms. The molecule has 0 aliphatic carbocycles. The highest BCUT2D eigenvalue weighted by Crippen LogP contribution is 2.32. The van der Waals surface area contributed by atoms with Crippen LogP contribution in [0.2, 0.25) is 0 Å². The third kappa shape index (κ3) is 3.44. The second kappa shape index (κ2) is 7.04. The molecule has 1 aromatic rings. The molecule has 1 aromatic carbocycles. The lowest BCUT2D eigenvalue weighted by Crippen LogP contribution is -2.34. The van der Waals surface area contributed by atoms with Gasteiger partial charge in [-0.05, 0) is 12.5 Å². The molecule has 1 N–H and O–H groups in total. The van der Waals surface area contributed by atoms with Crippen molar-refractivity contribution < 1.29 is 13.7 Å². The molecule has 0 saturated carbocycles. The quantitative estimate of drug-likeness (QED) is 0.860. The summed E-state index contributed by atoms with van der Waals surface area (Å²) in [4.78, 5) is 14.2. The number of nitrogens with zero attached hydrogens (tertiary/aromatic N) is 1. The fourth-order valence-electron chi connectivity index (χ4n) is 2.59. The van der Waals surface area contributed by atoms with Crippen molar-refractivity contribution in [3.05, 3.63) is 29.8 Å². The molecular formula is C15H22N2O3S. The van der Waals surface area contributed by atoms with E-state index in [0.29, 0.717) is 12.3 Å². The van der Waals surface area contributed by atoms with Crippen molar-refractivity contribution in [2.24, 2.45) is 0 Å². The zero-order valence-corrected chi connectivity index (χ0v) is 13.5. The van der Waals surface area contributed by atoms with Gasteiger partial charge in [-0.3, -0.25) is 14.3 Å². The lowest BCUT2D eigenvalue weighted by atomic mass is 10.1. The first-order chi connectivity index (χ1) is 10.1. The number of amides is 1. The molecule has 1 fully saturated rings. The van der Waals surface area contributed by atoms with Gasteiger partial charge in [0.15, 0.2) is 0 Å². The van der Waals surface area contributed by atoms with Crippen LogP contribution in [0.3, 0.4) is 0 Å². The minimum Gasteiger partial charge on any atom is -0.496 e. The average Bonchev–Trinajstić information content (AvgIpc) is 2.81. The first-order valence-electron chi connectivity index (χ1n) is 7.08. The summed E-state index contributed by atoms with van der Waals surface area (Å²) < 4.78 is 16.8. The highest BCUT2D eigenvalue weighted by Gasteiger charge is 2.39. The van der Waals surface area contributed by atoms with Crippen LogP contribution >= 0.6 is 0 Å². The van der Waals surface area contributed by atoms with Crippen molar-refractivity contribution in [2.75, 3.05) is 25.7 Å². The molecule has 0 aromatic heterocycles. The topological polar surface area (TPSA) is 58.6 Å². The maximum Gasteiger partial charge on any atom is 0.241 e. The molecule has 1 heterocycles. The van der Waals surface area contributed by atoms with Crippen LogP contribution < -0.4 is 10.1 Å². The molecule has 21 heavy (non-hydrogen) atoms. The Kier molecular flexibility index (Phi) is 5.36. The highest BCUT2D eigenvalue weighted by molar-refractivity contribution is 7.84. The summed E-state index contributed by atoms with van der Waals surface area (Å²) in [7, 11) is 0.702. The van der Waals surface area contributed by atoms with E-state index >= 15 is 0 Å². The monoisotopic (exact) mass is 310 g/mol. The fraction of sp³-hybridized carbons (Fsp3) is 0.533. The van der Waals surface area contributed by atoms with Gasteiger partial charge in [-0.2, -0.15) is 0 Å². The summed E-state index contributed by atoms with van der Waals surface area (Å²) >= 11 is 0. The molecule has 2 rings (SSSR count). The molecule has 1 amide bonds. The predicted octanol–water partition coefficient (Wildman–Crippen LogP) is 1.28. The van der Waals surface area contributed by atoms with Gasteiger partial charge in [0.1, 0.15) is 11.9 Å². The number of methoxy groups -OCH3 is 1. The van der Waals surface area contributed by atoms with E-state index in [1.54, 1.807) is 18.3 Å². The van der Waals surface area contributed by atoms with Gasteiger partial charge in [0.2, 0.25) is 5.91 Å². The maximum absolute atomic E-state index is 12.5. The molecule has 0 bridgehead atoms. The van der Waals surface area contributed by atoms with E-state index in [9.17, 15) is 9.00 Å². The van der Waals surface area contributed by atoms with E-state index in [4.69, 9.17) is 4.74 Å². The second-order valence-electron chi connectivity index (χ2n) is 5.08. The lowest BCUT2D eigenvalue weighted by Gasteiger charge is -2.25. The molecule has 1 aliphatic heterocycles. The molecule has 116 valence electrons. The summed E-state index contributed by atoms with van der Waals surface area (Å²) in [5.74, 6) is 1.30. The van der Waals surface area contributed by atoms with Gasteiger partial charge in [-0.1, -0.05) is 25.1 Å². The van der Waals surface area contributed by atoms with Crippen molar-refractivity contribution in [1.29, 1.82) is 0 Å². The first-order valence-corrected chi connectivity index (χ1v) is 8.80. The highest BCUT2D eigenvalue weighted by atomic mass is 32.2. The number of carbonyl (C=O) groups excluding carboxylic acids is 1. The van der Waals surface area contributed by atoms with Gasteiger partial charge in [-0.25, -0.2) is 0 Å². The molecule has 6 heteroatoms. The molecule has 0 radical (unpaired) electrons. The fourth-order valence-corrected chi connectivity index (χ4v) is 3.04. The Morgan fingerprint density at radius 2 is 2.10 bits per heavy atom. The van der Waals surface area contributed by atoms with Crippen LogP contribution in [0.1, 0.15) is 25.1 Å². The summed E-state index contributed by atoms with van der Waals surface area (Å²) in [6.45, 7) is 2.46. The van der Waals surface area contributed by atoms with Gasteiger partial charge >= 0.3 is 0 Å². The first kappa shape index (κ1) is 16.0. The van der Waals surface area contributed by atoms with Crippen LogP contribution in [0.4, 0.5) is 0 Å². The number of carbonyl (C=O) groups is 1. The zero-order valence-electron chi connectivity index (χ0n) is 12.7. The van der Waals surface area contributed by atoms with E-state index in [1.165, 1.54) is 0 Å². The second-order valence-corrected chi connectivity index (χ2v) is 6.64. The minimum absolute atomic E-state index is 0.0684. The number of rotatable bonds is 6. The largest absolute Gasteiger partial charge is 0.496 e. The summed E-state index contributed by atoms with van der Waals surface area (Å²) in [5.41, 5.74) is 0.936. The number of hydrogen-bond donors (Lipinski definition) is 1. The van der Waals surface area contributed by atoms with Gasteiger partial charge in [0.25, 0.3) is 0 Å². The molecular weight excluding hydrogens is 288 g/mol. The zero-order chi connectivity index (χ0) is 15.4. The van der Waals surface area contributed by atoms with Gasteiger partial charge in [0.05, 0.1) is 13.2 Å². The maximum atomic E-state index is 12.5. The van der Waals surface area contributed by atoms with Gasteiger partial charge in [0, 0.05) is 34.9 Å². The van der Waals surface area contributed by atoms with Crippen molar-refractivity contribution in [1.82, 2.24) is 10.2 Å². The Bertz CT molecular complexity index is 535. The number of para-hydroxylation sites is 1. The van der Waals surface area contributed by atoms with E-state index in [0.717, 1.165) is 17.7 Å². The lowest BCUT2D eigenvalue weighted by molar-refractivity contribution is -0.129. The predicted molar refractivity (Wildman–Crippen MR) is 83.6 cm³/mol. The number of benzene rings is 1. The SMILES string of the molecule is CCC1NC(c2ccccc2OC)N(CCS(C)=O)C1=O. The van der Waals surface area contributed by atoms with Crippen LogP contribution in [0.25, 0.3) is 0 Å². The molecule has 1 aliphatic rings. The average molecular weight is 310 g/mol. The summed E-state index contributed by atoms with van der Waals surface area (Å²) in [5, 5.41) is 3.35. The number of ether oxygens (including phenoxy) is 1. The van der Waals surface area contributed by atoms with Crippen LogP contribution in [0.15, 0.2) is 24.3 Å². The van der Waals surface area contributed by atoms with Gasteiger partial charge < -0.3 is 9.64 Å². The Hall–Kier alpha value is -1.40. The van der Waals surface area contributed by atoms with Crippen molar-refractivity contribution >= 4 is 16.7 Å². The third-order valence-corrected chi connectivity index (χ3v) is 4.47. The Morgan fingerprint density at radius 1 is 1.38 bits per heavy atom. The Balaban J connectivity index is 2.29. The summed E-state index contributed by atoms with van der Waals surface area (Å²) in [6.07, 6.45) is 2.17. The Labute approximate surface area is 128 Å². The van der Waals surface area contributed by atoms with E-state index < -0.39 is 10.8 Å². The molecule has 3 unspecified atom stereocenters. The van der Waals surface area contributed by atoms with Crippen molar-refractivity contribution in [3.63, 3.8) is 0 Å². The van der Waals surface area contributed by atoms with E-state index in [1.807, 2.05) is 31.2 Å². The molecule has 3 atom stereocenters. The number of hydrogen-bond acceptors (Lipinski definition) is 4. The van der Waals surface area contributed by atoms with Crippen LogP contribution in [0, 0.1) is 0 Å². The normalized spacial score (nSPS) is 23.4. The molecule has 5 nitrogen and oxygen atoms in total. The smallest absolute Gasteiger partial charge is 0.241 e. The van der Waals surface area contributed by atoms with Crippen LogP contribution in [0.5, 0.6) is 5.75 Å². The van der Waals surface area contributed by atoms with Crippen molar-refractivity contribution in [2.45, 2.75) is 25.6 Å². The van der Waals surface area contributed by atoms with Gasteiger partial charge in [-0.15, -0.1) is 0 Å². The minimum atomic E-state index is -0.921. The van der Waals surface area contributed by atoms with E-state index in [2.05, 4.69) is 5.32 Å². The van der Waals surface area contributed by atoms with E-state index in [-0.39, 0.29) is 18.1 Å². The number of nitrogens with one attached hydrogen (secondary N) is 1.